The first kappa shape index (κ1) is 22.5. The van der Waals surface area contributed by atoms with E-state index in [1.165, 1.54) is 6.20 Å². The maximum Gasteiger partial charge on any atom is 0.417 e. The minimum Gasteiger partial charge on any atom is -0.352 e. The van der Waals surface area contributed by atoms with Gasteiger partial charge in [-0.05, 0) is 23.8 Å². The number of nitrogens with zero attached hydrogens (tertiary/aromatic N) is 2. The van der Waals surface area contributed by atoms with Crippen molar-refractivity contribution >= 4 is 17.5 Å². The molecule has 0 atom stereocenters. The lowest BCUT2D eigenvalue weighted by molar-refractivity contribution is -0.137. The first-order chi connectivity index (χ1) is 14.5. The lowest BCUT2D eigenvalue weighted by Crippen LogP contribution is -2.27. The lowest BCUT2D eigenvalue weighted by atomic mass is 10.1. The van der Waals surface area contributed by atoms with E-state index in [9.17, 15) is 22.8 Å². The Hall–Kier alpha value is -3.20. The third-order valence-electron chi connectivity index (χ3n) is 4.38. The van der Waals surface area contributed by atoms with Gasteiger partial charge in [0, 0.05) is 42.0 Å². The molecular formula is C21H18ClF3N4O2. The summed E-state index contributed by atoms with van der Waals surface area (Å²) < 4.78 is 39.0. The van der Waals surface area contributed by atoms with Crippen LogP contribution in [0.4, 0.5) is 13.2 Å². The Labute approximate surface area is 180 Å². The summed E-state index contributed by atoms with van der Waals surface area (Å²) >= 11 is 6.27. The minimum atomic E-state index is -4.58. The Kier molecular flexibility index (Phi) is 6.45. The van der Waals surface area contributed by atoms with Crippen LogP contribution in [0, 0.1) is 5.92 Å². The topological polar surface area (TPSA) is 87.7 Å². The number of aromatic nitrogens is 3. The van der Waals surface area contributed by atoms with Crippen LogP contribution in [0.3, 0.4) is 0 Å². The van der Waals surface area contributed by atoms with Crippen LogP contribution >= 0.6 is 11.6 Å². The Balaban J connectivity index is 2.00. The fraction of sp³-hybridized carbons (Fsp3) is 0.238. The number of nitrogens with one attached hydrogen (secondary N) is 2. The molecule has 0 saturated carbocycles. The summed E-state index contributed by atoms with van der Waals surface area (Å²) in [5.41, 5.74) is -0.369. The number of hydrogen-bond acceptors (Lipinski definition) is 4. The van der Waals surface area contributed by atoms with Crippen molar-refractivity contribution in [3.05, 3.63) is 69.2 Å². The molecule has 1 aromatic carbocycles. The average Bonchev–Trinajstić information content (AvgIpc) is 2.71. The third kappa shape index (κ3) is 5.49. The molecule has 0 aliphatic heterocycles. The van der Waals surface area contributed by atoms with Crippen LogP contribution in [-0.2, 0) is 17.5 Å². The molecule has 2 aromatic heterocycles. The van der Waals surface area contributed by atoms with Gasteiger partial charge in [0.15, 0.2) is 0 Å². The van der Waals surface area contributed by atoms with Gasteiger partial charge in [-0.1, -0.05) is 31.5 Å². The molecule has 0 saturated heterocycles. The number of pyridine rings is 1. The van der Waals surface area contributed by atoms with E-state index in [1.807, 2.05) is 0 Å². The molecule has 0 aliphatic carbocycles. The van der Waals surface area contributed by atoms with Gasteiger partial charge in [0.05, 0.1) is 16.3 Å². The number of alkyl halides is 3. The summed E-state index contributed by atoms with van der Waals surface area (Å²) in [6.07, 6.45) is -2.69. The van der Waals surface area contributed by atoms with Crippen molar-refractivity contribution < 1.29 is 18.0 Å². The number of benzene rings is 1. The van der Waals surface area contributed by atoms with Crippen LogP contribution in [0.25, 0.3) is 22.6 Å². The van der Waals surface area contributed by atoms with E-state index in [0.29, 0.717) is 17.3 Å². The third-order valence-corrected chi connectivity index (χ3v) is 4.71. The maximum absolute atomic E-state index is 13.0. The van der Waals surface area contributed by atoms with Gasteiger partial charge < -0.3 is 10.3 Å². The molecule has 31 heavy (non-hydrogen) atoms. The van der Waals surface area contributed by atoms with Crippen molar-refractivity contribution in [2.24, 2.45) is 5.92 Å². The highest BCUT2D eigenvalue weighted by atomic mass is 35.5. The highest BCUT2D eigenvalue weighted by Crippen LogP contribution is 2.32. The van der Waals surface area contributed by atoms with Gasteiger partial charge in [0.1, 0.15) is 5.82 Å². The molecule has 0 radical (unpaired) electrons. The first-order valence-corrected chi connectivity index (χ1v) is 9.63. The van der Waals surface area contributed by atoms with Crippen LogP contribution in [0.5, 0.6) is 0 Å². The molecule has 10 heteroatoms. The van der Waals surface area contributed by atoms with Gasteiger partial charge in [0.25, 0.3) is 5.56 Å². The predicted octanol–water partition coefficient (Wildman–Crippen LogP) is 4.44. The second-order valence-corrected chi connectivity index (χ2v) is 7.53. The molecule has 3 rings (SSSR count). The highest BCUT2D eigenvalue weighted by Gasteiger charge is 2.31. The van der Waals surface area contributed by atoms with E-state index in [0.717, 1.165) is 12.1 Å². The molecule has 0 spiro atoms. The van der Waals surface area contributed by atoms with Crippen molar-refractivity contribution in [1.82, 2.24) is 20.3 Å². The van der Waals surface area contributed by atoms with E-state index in [4.69, 9.17) is 11.6 Å². The Morgan fingerprint density at radius 2 is 1.94 bits per heavy atom. The van der Waals surface area contributed by atoms with E-state index in [1.54, 1.807) is 32.0 Å². The van der Waals surface area contributed by atoms with Crippen molar-refractivity contribution in [1.29, 1.82) is 0 Å². The van der Waals surface area contributed by atoms with Crippen LogP contribution in [0.15, 0.2) is 47.5 Å². The molecule has 6 nitrogen and oxygen atoms in total. The number of aromatic amines is 1. The monoisotopic (exact) mass is 450 g/mol. The Morgan fingerprint density at radius 1 is 1.19 bits per heavy atom. The first-order valence-electron chi connectivity index (χ1n) is 9.25. The zero-order valence-electron chi connectivity index (χ0n) is 16.5. The Morgan fingerprint density at radius 3 is 2.61 bits per heavy atom. The number of rotatable bonds is 5. The van der Waals surface area contributed by atoms with Crippen molar-refractivity contribution in [2.75, 3.05) is 0 Å². The summed E-state index contributed by atoms with van der Waals surface area (Å²) in [6, 6.07) is 6.91. The maximum atomic E-state index is 13.0. The van der Waals surface area contributed by atoms with Gasteiger partial charge >= 0.3 is 6.18 Å². The number of hydrogen-bond donors (Lipinski definition) is 2. The molecule has 1 amide bonds. The van der Waals surface area contributed by atoms with E-state index in [2.05, 4.69) is 20.3 Å². The number of halogens is 4. The summed E-state index contributed by atoms with van der Waals surface area (Å²) in [5, 5.41) is 3.06. The molecule has 3 aromatic rings. The van der Waals surface area contributed by atoms with Crippen LogP contribution in [0.1, 0.15) is 25.0 Å². The van der Waals surface area contributed by atoms with E-state index >= 15 is 0 Å². The molecular weight excluding hydrogens is 433 g/mol. The fourth-order valence-corrected chi connectivity index (χ4v) is 2.93. The zero-order chi connectivity index (χ0) is 22.8. The van der Waals surface area contributed by atoms with Crippen molar-refractivity contribution in [3.8, 4) is 22.6 Å². The number of H-pyrrole nitrogens is 1. The standard InChI is InChI=1S/C21H18ClF3N4O2/c1-11(2)20(31)27-8-12-3-4-16(22)15(5-12)19-28-17(7-18(30)29-19)13-6-14(10-26-9-13)21(23,24)25/h3-7,9-11H,8H2,1-2H3,(H,27,31)(H,28,29,30). The molecule has 0 fully saturated rings. The SMILES string of the molecule is CC(C)C(=O)NCc1ccc(Cl)c(-c2nc(-c3cncc(C(F)(F)F)c3)cc(=O)[nH]2)c1. The van der Waals surface area contributed by atoms with E-state index < -0.39 is 17.3 Å². The van der Waals surface area contributed by atoms with Crippen molar-refractivity contribution in [3.63, 3.8) is 0 Å². The molecule has 0 bridgehead atoms. The van der Waals surface area contributed by atoms with Crippen LogP contribution < -0.4 is 10.9 Å². The summed E-state index contributed by atoms with van der Waals surface area (Å²) in [5.74, 6) is -0.216. The van der Waals surface area contributed by atoms with Crippen LogP contribution in [0.2, 0.25) is 5.02 Å². The quantitative estimate of drug-likeness (QED) is 0.601. The molecule has 2 heterocycles. The number of carbonyl (C=O) groups excluding carboxylic acids is 1. The zero-order valence-corrected chi connectivity index (χ0v) is 17.3. The fourth-order valence-electron chi connectivity index (χ4n) is 2.73. The van der Waals surface area contributed by atoms with E-state index in [-0.39, 0.29) is 40.5 Å². The van der Waals surface area contributed by atoms with Gasteiger partial charge in [0.2, 0.25) is 5.91 Å². The summed E-state index contributed by atoms with van der Waals surface area (Å²) in [7, 11) is 0. The molecule has 0 unspecified atom stereocenters. The predicted molar refractivity (Wildman–Crippen MR) is 110 cm³/mol. The highest BCUT2D eigenvalue weighted by molar-refractivity contribution is 6.33. The second kappa shape index (κ2) is 8.89. The summed E-state index contributed by atoms with van der Waals surface area (Å²) in [6.45, 7) is 3.78. The molecule has 162 valence electrons. The van der Waals surface area contributed by atoms with Crippen LogP contribution in [-0.4, -0.2) is 20.9 Å². The number of carbonyl (C=O) groups is 1. The van der Waals surface area contributed by atoms with Crippen molar-refractivity contribution in [2.45, 2.75) is 26.6 Å². The lowest BCUT2D eigenvalue weighted by Gasteiger charge is -2.11. The van der Waals surface area contributed by atoms with Gasteiger partial charge in [-0.2, -0.15) is 13.2 Å². The largest absolute Gasteiger partial charge is 0.417 e. The normalized spacial score (nSPS) is 11.6. The van der Waals surface area contributed by atoms with Gasteiger partial charge in [-0.15, -0.1) is 0 Å². The summed E-state index contributed by atoms with van der Waals surface area (Å²) in [4.78, 5) is 34.4. The second-order valence-electron chi connectivity index (χ2n) is 7.13. The van der Waals surface area contributed by atoms with Gasteiger partial charge in [-0.25, -0.2) is 4.98 Å². The smallest absolute Gasteiger partial charge is 0.352 e. The Bertz CT molecular complexity index is 1180. The van der Waals surface area contributed by atoms with Gasteiger partial charge in [-0.3, -0.25) is 14.6 Å². The molecule has 0 aliphatic rings. The average molecular weight is 451 g/mol. The molecule has 2 N–H and O–H groups in total. The number of amides is 1. The minimum absolute atomic E-state index is 0.0203.